The second-order valence-corrected chi connectivity index (χ2v) is 9.90. The number of amides is 1. The van der Waals surface area contributed by atoms with Crippen LogP contribution in [-0.4, -0.2) is 55.5 Å². The van der Waals surface area contributed by atoms with E-state index in [9.17, 15) is 22.4 Å². The number of hydrogen-bond acceptors (Lipinski definition) is 5. The number of sulfonamides is 1. The van der Waals surface area contributed by atoms with Gasteiger partial charge >= 0.3 is 0 Å². The molecule has 0 saturated carbocycles. The first-order valence-corrected chi connectivity index (χ1v) is 12.0. The van der Waals surface area contributed by atoms with Gasteiger partial charge in [0.1, 0.15) is 10.7 Å². The zero-order valence-corrected chi connectivity index (χ0v) is 18.0. The summed E-state index contributed by atoms with van der Waals surface area (Å²) in [6, 6.07) is 12.0. The molecule has 0 N–H and O–H groups in total. The van der Waals surface area contributed by atoms with Gasteiger partial charge in [0.05, 0.1) is 5.56 Å². The molecule has 4 rings (SSSR count). The van der Waals surface area contributed by atoms with Gasteiger partial charge in [-0.25, -0.2) is 17.1 Å². The summed E-state index contributed by atoms with van der Waals surface area (Å²) in [5.41, 5.74) is 0.799. The third kappa shape index (κ3) is 4.41. The summed E-state index contributed by atoms with van der Waals surface area (Å²) < 4.78 is 39.2. The Balaban J connectivity index is 1.22. The normalized spacial score (nSPS) is 18.9. The van der Waals surface area contributed by atoms with E-state index in [0.29, 0.717) is 12.0 Å². The molecule has 2 aromatic rings. The van der Waals surface area contributed by atoms with Crippen molar-refractivity contribution in [2.45, 2.75) is 30.6 Å². The van der Waals surface area contributed by atoms with Crippen LogP contribution in [0.15, 0.2) is 53.4 Å². The van der Waals surface area contributed by atoms with Crippen LogP contribution < -0.4 is 0 Å². The van der Waals surface area contributed by atoms with E-state index in [1.807, 2.05) is 0 Å². The monoisotopic (exact) mass is 444 g/mol. The second-order valence-electron chi connectivity index (χ2n) is 8.07. The number of ketones is 1. The van der Waals surface area contributed by atoms with Crippen molar-refractivity contribution < 1.29 is 22.4 Å². The lowest BCUT2D eigenvalue weighted by molar-refractivity contribution is 0.0838. The van der Waals surface area contributed by atoms with Gasteiger partial charge in [-0.1, -0.05) is 12.1 Å². The van der Waals surface area contributed by atoms with Crippen LogP contribution >= 0.6 is 0 Å². The predicted molar refractivity (Wildman–Crippen MR) is 114 cm³/mol. The molecule has 0 aromatic heterocycles. The van der Waals surface area contributed by atoms with E-state index in [2.05, 4.69) is 4.90 Å². The summed E-state index contributed by atoms with van der Waals surface area (Å²) in [6.45, 7) is 2.57. The van der Waals surface area contributed by atoms with Gasteiger partial charge in [-0.05, 0) is 81.7 Å². The summed E-state index contributed by atoms with van der Waals surface area (Å²) in [5.74, 6) is -0.779. The van der Waals surface area contributed by atoms with E-state index in [0.717, 1.165) is 43.2 Å². The largest absolute Gasteiger partial charge is 0.303 e. The van der Waals surface area contributed by atoms with Crippen molar-refractivity contribution in [3.63, 3.8) is 0 Å². The fraction of sp³-hybridized carbons (Fsp3) is 0.391. The Hall–Kier alpha value is -2.58. The Morgan fingerprint density at radius 2 is 1.61 bits per heavy atom. The zero-order valence-electron chi connectivity index (χ0n) is 17.2. The molecule has 31 heavy (non-hydrogen) atoms. The van der Waals surface area contributed by atoms with Crippen LogP contribution in [0.5, 0.6) is 0 Å². The molecule has 0 aliphatic carbocycles. The third-order valence-corrected chi connectivity index (χ3v) is 7.93. The molecule has 0 spiro atoms. The number of rotatable bonds is 7. The van der Waals surface area contributed by atoms with Gasteiger partial charge in [0.15, 0.2) is 5.78 Å². The molecule has 2 heterocycles. The van der Waals surface area contributed by atoms with Gasteiger partial charge in [-0.15, -0.1) is 0 Å². The Labute approximate surface area is 181 Å². The van der Waals surface area contributed by atoms with Crippen molar-refractivity contribution >= 4 is 21.7 Å². The highest BCUT2D eigenvalue weighted by molar-refractivity contribution is 7.90. The molecule has 2 aliphatic heterocycles. The van der Waals surface area contributed by atoms with Crippen LogP contribution in [0.2, 0.25) is 0 Å². The maximum atomic E-state index is 13.1. The molecule has 2 aromatic carbocycles. The molecule has 6 nitrogen and oxygen atoms in total. The summed E-state index contributed by atoms with van der Waals surface area (Å²) in [6.07, 6.45) is 2.87. The molecule has 164 valence electrons. The van der Waals surface area contributed by atoms with E-state index in [4.69, 9.17) is 0 Å². The summed E-state index contributed by atoms with van der Waals surface area (Å²) in [4.78, 5) is 27.4. The van der Waals surface area contributed by atoms with Crippen molar-refractivity contribution in [3.8, 4) is 0 Å². The van der Waals surface area contributed by atoms with Gasteiger partial charge in [0.2, 0.25) is 0 Å². The lowest BCUT2D eigenvalue weighted by atomic mass is 9.89. The van der Waals surface area contributed by atoms with Gasteiger partial charge < -0.3 is 4.90 Å². The maximum Gasteiger partial charge on any atom is 0.269 e. The zero-order chi connectivity index (χ0) is 22.0. The summed E-state index contributed by atoms with van der Waals surface area (Å²) in [7, 11) is -3.74. The smallest absolute Gasteiger partial charge is 0.269 e. The van der Waals surface area contributed by atoms with Crippen LogP contribution in [0.4, 0.5) is 4.39 Å². The fourth-order valence-corrected chi connectivity index (χ4v) is 5.92. The van der Waals surface area contributed by atoms with E-state index in [1.54, 1.807) is 18.2 Å². The van der Waals surface area contributed by atoms with E-state index < -0.39 is 15.9 Å². The van der Waals surface area contributed by atoms with Crippen molar-refractivity contribution in [2.24, 2.45) is 5.92 Å². The molecule has 1 fully saturated rings. The lowest BCUT2D eigenvalue weighted by Gasteiger charge is -2.31. The van der Waals surface area contributed by atoms with E-state index >= 15 is 0 Å². The Morgan fingerprint density at radius 3 is 2.29 bits per heavy atom. The molecule has 0 unspecified atom stereocenters. The summed E-state index contributed by atoms with van der Waals surface area (Å²) >= 11 is 0. The number of carbonyl (C=O) groups is 2. The Kier molecular flexibility index (Phi) is 6.20. The van der Waals surface area contributed by atoms with E-state index in [-0.39, 0.29) is 34.5 Å². The van der Waals surface area contributed by atoms with Crippen molar-refractivity contribution in [1.82, 2.24) is 9.21 Å². The number of fused-ring (bicyclic) bond motifs is 1. The van der Waals surface area contributed by atoms with Crippen LogP contribution in [0.3, 0.4) is 0 Å². The molecule has 2 aliphatic rings. The standard InChI is InChI=1S/C23H25FN2O4S/c24-19-9-7-17(8-10-19)22(27)18-11-15-25(16-12-18)13-3-4-14-26-23(28)20-5-1-2-6-21(20)31(26,29)30/h1-2,5-10,18H,3-4,11-16H2. The van der Waals surface area contributed by atoms with Crippen molar-refractivity contribution in [2.75, 3.05) is 26.2 Å². The highest BCUT2D eigenvalue weighted by Gasteiger charge is 2.40. The molecule has 0 atom stereocenters. The molecule has 0 radical (unpaired) electrons. The predicted octanol–water partition coefficient (Wildman–Crippen LogP) is 3.35. The molecular formula is C23H25FN2O4S. The number of Topliss-reactive ketones (excluding diaryl/α,β-unsaturated/α-hetero) is 1. The number of halogens is 1. The topological polar surface area (TPSA) is 74.8 Å². The highest BCUT2D eigenvalue weighted by atomic mass is 32.2. The first-order valence-electron chi connectivity index (χ1n) is 10.6. The van der Waals surface area contributed by atoms with Crippen molar-refractivity contribution in [1.29, 1.82) is 0 Å². The van der Waals surface area contributed by atoms with Crippen LogP contribution in [0, 0.1) is 11.7 Å². The highest BCUT2D eigenvalue weighted by Crippen LogP contribution is 2.30. The first-order chi connectivity index (χ1) is 14.9. The number of likely N-dealkylation sites (tertiary alicyclic amines) is 1. The minimum Gasteiger partial charge on any atom is -0.303 e. The second kappa shape index (κ2) is 8.88. The number of benzene rings is 2. The molecule has 0 bridgehead atoms. The maximum absolute atomic E-state index is 13.1. The molecule has 8 heteroatoms. The van der Waals surface area contributed by atoms with Crippen LogP contribution in [0.25, 0.3) is 0 Å². The number of piperidine rings is 1. The fourth-order valence-electron chi connectivity index (χ4n) is 4.31. The number of nitrogens with zero attached hydrogens (tertiary/aromatic N) is 2. The number of carbonyl (C=O) groups excluding carboxylic acids is 2. The first kappa shape index (κ1) is 21.6. The molecule has 1 saturated heterocycles. The SMILES string of the molecule is O=C(c1ccc(F)cc1)C1CCN(CCCCN2C(=O)c3ccccc3S2(=O)=O)CC1. The van der Waals surface area contributed by atoms with Gasteiger partial charge in [0, 0.05) is 18.0 Å². The Morgan fingerprint density at radius 1 is 0.968 bits per heavy atom. The number of hydrogen-bond donors (Lipinski definition) is 0. The lowest BCUT2D eigenvalue weighted by Crippen LogP contribution is -2.37. The molecule has 1 amide bonds. The van der Waals surface area contributed by atoms with Crippen LogP contribution in [-0.2, 0) is 10.0 Å². The number of unbranched alkanes of at least 4 members (excludes halogenated alkanes) is 1. The van der Waals surface area contributed by atoms with E-state index in [1.165, 1.54) is 30.3 Å². The quantitative estimate of drug-likeness (QED) is 0.484. The van der Waals surface area contributed by atoms with Gasteiger partial charge in [0.25, 0.3) is 15.9 Å². The van der Waals surface area contributed by atoms with Crippen LogP contribution in [0.1, 0.15) is 46.4 Å². The molecular weight excluding hydrogens is 419 g/mol. The third-order valence-electron chi connectivity index (χ3n) is 6.08. The van der Waals surface area contributed by atoms with Gasteiger partial charge in [-0.2, -0.15) is 0 Å². The Bertz CT molecular complexity index is 1080. The average molecular weight is 445 g/mol. The minimum atomic E-state index is -3.74. The summed E-state index contributed by atoms with van der Waals surface area (Å²) in [5, 5.41) is 0. The minimum absolute atomic E-state index is 0.0485. The average Bonchev–Trinajstić information content (AvgIpc) is 2.97. The van der Waals surface area contributed by atoms with Crippen molar-refractivity contribution in [3.05, 3.63) is 65.5 Å². The van der Waals surface area contributed by atoms with Gasteiger partial charge in [-0.3, -0.25) is 9.59 Å².